The Balaban J connectivity index is 1.74. The van der Waals surface area contributed by atoms with Gasteiger partial charge in [-0.2, -0.15) is 0 Å². The summed E-state index contributed by atoms with van der Waals surface area (Å²) in [7, 11) is 1.64. The van der Waals surface area contributed by atoms with Crippen molar-refractivity contribution in [3.63, 3.8) is 0 Å². The minimum atomic E-state index is -0.0836. The van der Waals surface area contributed by atoms with Crippen molar-refractivity contribution in [2.75, 3.05) is 7.11 Å². The van der Waals surface area contributed by atoms with Gasteiger partial charge in [-0.05, 0) is 42.7 Å². The Morgan fingerprint density at radius 2 is 1.85 bits per heavy atom. The Morgan fingerprint density at radius 1 is 1.07 bits per heavy atom. The van der Waals surface area contributed by atoms with E-state index in [1.165, 1.54) is 16.9 Å². The predicted octanol–water partition coefficient (Wildman–Crippen LogP) is 4.87. The van der Waals surface area contributed by atoms with Crippen molar-refractivity contribution in [2.45, 2.75) is 20.3 Å². The number of aromatic nitrogens is 2. The number of rotatable bonds is 4. The number of benzene rings is 2. The van der Waals surface area contributed by atoms with Gasteiger partial charge in [-0.25, -0.2) is 4.98 Å². The molecule has 0 bridgehead atoms. The molecule has 4 aromatic rings. The minimum absolute atomic E-state index is 0.0836. The second kappa shape index (κ2) is 7.00. The minimum Gasteiger partial charge on any atom is -0.497 e. The van der Waals surface area contributed by atoms with Gasteiger partial charge in [-0.15, -0.1) is 11.3 Å². The molecule has 0 saturated heterocycles. The van der Waals surface area contributed by atoms with Crippen LogP contribution in [0.1, 0.15) is 22.5 Å². The first-order valence-electron chi connectivity index (χ1n) is 8.76. The van der Waals surface area contributed by atoms with Crippen LogP contribution in [0.25, 0.3) is 21.3 Å². The van der Waals surface area contributed by atoms with E-state index in [1.54, 1.807) is 7.11 Å². The van der Waals surface area contributed by atoms with E-state index in [1.807, 2.05) is 29.6 Å². The lowest BCUT2D eigenvalue weighted by molar-refractivity contribution is 0.414. The van der Waals surface area contributed by atoms with Crippen molar-refractivity contribution in [1.82, 2.24) is 9.97 Å². The number of thiophene rings is 1. The van der Waals surface area contributed by atoms with Gasteiger partial charge in [-0.1, -0.05) is 35.9 Å². The second-order valence-electron chi connectivity index (χ2n) is 6.69. The average Bonchev–Trinajstić information content (AvgIpc) is 3.06. The summed E-state index contributed by atoms with van der Waals surface area (Å²) < 4.78 is 5.19. The number of aromatic amines is 1. The lowest BCUT2D eigenvalue weighted by Gasteiger charge is -2.06. The maximum absolute atomic E-state index is 12.8. The highest BCUT2D eigenvalue weighted by Crippen LogP contribution is 2.33. The Labute approximate surface area is 161 Å². The van der Waals surface area contributed by atoms with Gasteiger partial charge in [0, 0.05) is 17.4 Å². The van der Waals surface area contributed by atoms with Crippen molar-refractivity contribution in [3.8, 4) is 16.9 Å². The van der Waals surface area contributed by atoms with Crippen LogP contribution in [0, 0.1) is 13.8 Å². The van der Waals surface area contributed by atoms with Crippen molar-refractivity contribution >= 4 is 21.6 Å². The molecule has 0 radical (unpaired) electrons. The Bertz CT molecular complexity index is 1170. The van der Waals surface area contributed by atoms with E-state index in [-0.39, 0.29) is 5.56 Å². The van der Waals surface area contributed by atoms with Gasteiger partial charge in [0.2, 0.25) is 0 Å². The third-order valence-electron chi connectivity index (χ3n) is 4.70. The Hall–Kier alpha value is -2.92. The summed E-state index contributed by atoms with van der Waals surface area (Å²) in [6, 6.07) is 14.1. The molecule has 27 heavy (non-hydrogen) atoms. The second-order valence-corrected chi connectivity index (χ2v) is 7.54. The molecule has 4 rings (SSSR count). The Kier molecular flexibility index (Phi) is 4.54. The molecule has 5 heteroatoms. The van der Waals surface area contributed by atoms with Crippen LogP contribution in [-0.2, 0) is 6.42 Å². The third-order valence-corrected chi connectivity index (χ3v) is 5.57. The molecule has 0 aliphatic heterocycles. The van der Waals surface area contributed by atoms with Gasteiger partial charge in [-0.3, -0.25) is 4.79 Å². The zero-order chi connectivity index (χ0) is 19.0. The lowest BCUT2D eigenvalue weighted by Crippen LogP contribution is -2.11. The first-order valence-corrected chi connectivity index (χ1v) is 9.64. The fourth-order valence-electron chi connectivity index (χ4n) is 3.33. The van der Waals surface area contributed by atoms with E-state index in [9.17, 15) is 4.79 Å². The topological polar surface area (TPSA) is 55.0 Å². The summed E-state index contributed by atoms with van der Waals surface area (Å²) in [5.41, 5.74) is 5.41. The molecule has 0 aliphatic carbocycles. The number of methoxy groups -OCH3 is 1. The summed E-state index contributed by atoms with van der Waals surface area (Å²) in [6.07, 6.45) is 0.575. The van der Waals surface area contributed by atoms with E-state index < -0.39 is 0 Å². The molecule has 136 valence electrons. The van der Waals surface area contributed by atoms with Gasteiger partial charge in [0.25, 0.3) is 5.56 Å². The number of fused-ring (bicyclic) bond motifs is 1. The smallest absolute Gasteiger partial charge is 0.260 e. The number of hydrogen-bond donors (Lipinski definition) is 1. The van der Waals surface area contributed by atoms with Crippen LogP contribution in [0.15, 0.2) is 52.6 Å². The molecule has 4 nitrogen and oxygen atoms in total. The number of hydrogen-bond acceptors (Lipinski definition) is 4. The first-order chi connectivity index (χ1) is 13.0. The molecule has 2 aromatic heterocycles. The normalized spacial score (nSPS) is 11.1. The van der Waals surface area contributed by atoms with Gasteiger partial charge in [0.15, 0.2) is 0 Å². The van der Waals surface area contributed by atoms with Crippen LogP contribution in [0.5, 0.6) is 5.75 Å². The zero-order valence-electron chi connectivity index (χ0n) is 15.5. The van der Waals surface area contributed by atoms with E-state index >= 15 is 0 Å². The highest BCUT2D eigenvalue weighted by molar-refractivity contribution is 7.17. The lowest BCUT2D eigenvalue weighted by atomic mass is 9.99. The van der Waals surface area contributed by atoms with E-state index in [2.05, 4.69) is 37.0 Å². The van der Waals surface area contributed by atoms with E-state index in [0.29, 0.717) is 17.6 Å². The number of aryl methyl sites for hydroxylation is 2. The molecule has 0 aliphatic rings. The molecule has 0 atom stereocenters. The average molecular weight is 376 g/mol. The van der Waals surface area contributed by atoms with Crippen molar-refractivity contribution < 1.29 is 4.74 Å². The summed E-state index contributed by atoms with van der Waals surface area (Å²) in [6.45, 7) is 4.15. The van der Waals surface area contributed by atoms with Crippen molar-refractivity contribution in [1.29, 1.82) is 0 Å². The van der Waals surface area contributed by atoms with Crippen LogP contribution in [0.4, 0.5) is 0 Å². The van der Waals surface area contributed by atoms with Crippen molar-refractivity contribution in [2.24, 2.45) is 0 Å². The molecule has 0 unspecified atom stereocenters. The zero-order valence-corrected chi connectivity index (χ0v) is 16.3. The molecule has 0 saturated carbocycles. The van der Waals surface area contributed by atoms with Gasteiger partial charge < -0.3 is 9.72 Å². The van der Waals surface area contributed by atoms with Gasteiger partial charge in [0.1, 0.15) is 16.4 Å². The highest BCUT2D eigenvalue weighted by Gasteiger charge is 2.14. The number of nitrogens with zero attached hydrogens (tertiary/aromatic N) is 1. The number of H-pyrrole nitrogens is 1. The van der Waals surface area contributed by atoms with E-state index in [0.717, 1.165) is 32.8 Å². The summed E-state index contributed by atoms with van der Waals surface area (Å²) in [5.74, 6) is 1.48. The van der Waals surface area contributed by atoms with Crippen LogP contribution in [-0.4, -0.2) is 17.1 Å². The fraction of sp³-hybridized carbons (Fsp3) is 0.182. The van der Waals surface area contributed by atoms with Crippen LogP contribution in [0.3, 0.4) is 0 Å². The van der Waals surface area contributed by atoms with E-state index in [4.69, 9.17) is 9.72 Å². The summed E-state index contributed by atoms with van der Waals surface area (Å²) >= 11 is 1.52. The maximum atomic E-state index is 12.8. The molecule has 0 fully saturated rings. The van der Waals surface area contributed by atoms with Crippen LogP contribution in [0.2, 0.25) is 0 Å². The highest BCUT2D eigenvalue weighted by atomic mass is 32.1. The van der Waals surface area contributed by atoms with Crippen LogP contribution >= 0.6 is 11.3 Å². The van der Waals surface area contributed by atoms with Gasteiger partial charge >= 0.3 is 0 Å². The number of ether oxygens (including phenoxy) is 1. The molecule has 0 spiro atoms. The SMILES string of the molecule is COc1ccc(Cc2nc3scc(-c4ccc(C)cc4C)c3c(=O)[nH]2)cc1. The first kappa shape index (κ1) is 17.5. The standard InChI is InChI=1S/C22H20N2O2S/c1-13-4-9-17(14(2)10-13)18-12-27-22-20(18)21(25)23-19(24-22)11-15-5-7-16(26-3)8-6-15/h4-10,12H,11H2,1-3H3,(H,23,24,25). The molecule has 1 N–H and O–H groups in total. The fourth-order valence-corrected chi connectivity index (χ4v) is 4.29. The molecule has 0 amide bonds. The molecular formula is C22H20N2O2S. The predicted molar refractivity (Wildman–Crippen MR) is 111 cm³/mol. The third kappa shape index (κ3) is 3.38. The Morgan fingerprint density at radius 3 is 2.56 bits per heavy atom. The quantitative estimate of drug-likeness (QED) is 0.553. The monoisotopic (exact) mass is 376 g/mol. The number of nitrogens with one attached hydrogen (secondary N) is 1. The van der Waals surface area contributed by atoms with Crippen LogP contribution < -0.4 is 10.3 Å². The molecular weight excluding hydrogens is 356 g/mol. The molecule has 2 heterocycles. The molecule has 2 aromatic carbocycles. The summed E-state index contributed by atoms with van der Waals surface area (Å²) in [5, 5.41) is 2.70. The van der Waals surface area contributed by atoms with Gasteiger partial charge in [0.05, 0.1) is 12.5 Å². The summed E-state index contributed by atoms with van der Waals surface area (Å²) in [4.78, 5) is 21.3. The largest absolute Gasteiger partial charge is 0.497 e. The van der Waals surface area contributed by atoms with Crippen molar-refractivity contribution in [3.05, 3.63) is 80.7 Å². The maximum Gasteiger partial charge on any atom is 0.260 e.